The Labute approximate surface area is 115 Å². The average molecular weight is 327 g/mol. The zero-order chi connectivity index (χ0) is 14.0. The number of halogens is 2. The van der Waals surface area contributed by atoms with Gasteiger partial charge in [-0.25, -0.2) is 4.39 Å². The number of nitro groups is 1. The molecule has 0 aliphatic heterocycles. The fourth-order valence-electron chi connectivity index (χ4n) is 1.60. The molecule has 2 rings (SSSR count). The van der Waals surface area contributed by atoms with Crippen LogP contribution in [0.4, 0.5) is 10.1 Å². The summed E-state index contributed by atoms with van der Waals surface area (Å²) in [5, 5.41) is 10.6. The predicted octanol–water partition coefficient (Wildman–Crippen LogP) is 2.71. The highest BCUT2D eigenvalue weighted by atomic mass is 79.9. The van der Waals surface area contributed by atoms with E-state index in [-0.39, 0.29) is 17.8 Å². The molecule has 0 bridgehead atoms. The molecular formula is C12H8BrFN2O3. The van der Waals surface area contributed by atoms with Crippen LogP contribution in [0.2, 0.25) is 0 Å². The van der Waals surface area contributed by atoms with Gasteiger partial charge in [0.25, 0.3) is 11.2 Å². The number of pyridine rings is 1. The number of rotatable bonds is 3. The van der Waals surface area contributed by atoms with E-state index in [9.17, 15) is 19.3 Å². The molecule has 98 valence electrons. The minimum Gasteiger partial charge on any atom is -0.304 e. The van der Waals surface area contributed by atoms with Gasteiger partial charge in [0.2, 0.25) is 0 Å². The second-order valence-electron chi connectivity index (χ2n) is 3.85. The maximum atomic E-state index is 13.6. The Morgan fingerprint density at radius 3 is 2.74 bits per heavy atom. The summed E-state index contributed by atoms with van der Waals surface area (Å²) in [7, 11) is 0. The Morgan fingerprint density at radius 1 is 1.32 bits per heavy atom. The van der Waals surface area contributed by atoms with E-state index in [0.717, 1.165) is 22.9 Å². The molecule has 0 saturated heterocycles. The third-order valence-electron chi connectivity index (χ3n) is 2.53. The minimum atomic E-state index is -0.604. The number of benzene rings is 1. The summed E-state index contributed by atoms with van der Waals surface area (Å²) in [6, 6.07) is 6.54. The van der Waals surface area contributed by atoms with Gasteiger partial charge in [0.05, 0.1) is 17.7 Å². The van der Waals surface area contributed by atoms with Crippen molar-refractivity contribution in [1.29, 1.82) is 0 Å². The summed E-state index contributed by atoms with van der Waals surface area (Å²) in [6.45, 7) is -0.0637. The SMILES string of the molecule is O=c1ccc([N+](=O)[O-])cn1Cc1cc(Br)ccc1F. The number of aromatic nitrogens is 1. The highest BCUT2D eigenvalue weighted by molar-refractivity contribution is 9.10. The lowest BCUT2D eigenvalue weighted by Gasteiger charge is -2.07. The molecule has 0 fully saturated rings. The molecule has 1 aromatic heterocycles. The highest BCUT2D eigenvalue weighted by Crippen LogP contribution is 2.17. The van der Waals surface area contributed by atoms with Gasteiger partial charge < -0.3 is 4.57 Å². The molecule has 19 heavy (non-hydrogen) atoms. The van der Waals surface area contributed by atoms with Crippen LogP contribution in [0.3, 0.4) is 0 Å². The fraction of sp³-hybridized carbons (Fsp3) is 0.0833. The summed E-state index contributed by atoms with van der Waals surface area (Å²) >= 11 is 3.20. The van der Waals surface area contributed by atoms with Gasteiger partial charge in [-0.1, -0.05) is 15.9 Å². The molecule has 0 radical (unpaired) electrons. The third-order valence-corrected chi connectivity index (χ3v) is 3.02. The molecule has 0 aliphatic rings. The number of hydrogen-bond acceptors (Lipinski definition) is 3. The van der Waals surface area contributed by atoms with E-state index in [0.29, 0.717) is 4.47 Å². The van der Waals surface area contributed by atoms with Gasteiger partial charge in [0.15, 0.2) is 0 Å². The van der Waals surface area contributed by atoms with Crippen molar-refractivity contribution in [3.63, 3.8) is 0 Å². The molecule has 0 saturated carbocycles. The average Bonchev–Trinajstić information content (AvgIpc) is 2.36. The topological polar surface area (TPSA) is 65.1 Å². The summed E-state index contributed by atoms with van der Waals surface area (Å²) < 4.78 is 15.3. The van der Waals surface area contributed by atoms with E-state index in [1.165, 1.54) is 18.2 Å². The molecule has 7 heteroatoms. The van der Waals surface area contributed by atoms with Crippen LogP contribution >= 0.6 is 15.9 Å². The van der Waals surface area contributed by atoms with Crippen molar-refractivity contribution in [3.8, 4) is 0 Å². The standard InChI is InChI=1S/C12H8BrFN2O3/c13-9-1-3-11(14)8(5-9)6-15-7-10(16(18)19)2-4-12(15)17/h1-5,7H,6H2. The zero-order valence-electron chi connectivity index (χ0n) is 9.55. The molecule has 5 nitrogen and oxygen atoms in total. The largest absolute Gasteiger partial charge is 0.304 e. The first-order chi connectivity index (χ1) is 8.97. The van der Waals surface area contributed by atoms with Gasteiger partial charge in [0.1, 0.15) is 5.82 Å². The van der Waals surface area contributed by atoms with Crippen LogP contribution in [0.15, 0.2) is 45.8 Å². The van der Waals surface area contributed by atoms with E-state index < -0.39 is 16.3 Å². The maximum absolute atomic E-state index is 13.6. The van der Waals surface area contributed by atoms with E-state index >= 15 is 0 Å². The molecule has 1 heterocycles. The van der Waals surface area contributed by atoms with Crippen LogP contribution in [0, 0.1) is 15.9 Å². The smallest absolute Gasteiger partial charge is 0.285 e. The Kier molecular flexibility index (Phi) is 3.75. The van der Waals surface area contributed by atoms with Crippen LogP contribution < -0.4 is 5.56 Å². The van der Waals surface area contributed by atoms with Crippen molar-refractivity contribution in [1.82, 2.24) is 4.57 Å². The molecular weight excluding hydrogens is 319 g/mol. The van der Waals surface area contributed by atoms with Crippen LogP contribution in [-0.4, -0.2) is 9.49 Å². The third kappa shape index (κ3) is 3.05. The van der Waals surface area contributed by atoms with Crippen molar-refractivity contribution in [2.24, 2.45) is 0 Å². The quantitative estimate of drug-likeness (QED) is 0.643. The second-order valence-corrected chi connectivity index (χ2v) is 4.76. The Balaban J connectivity index is 2.43. The van der Waals surface area contributed by atoms with Gasteiger partial charge >= 0.3 is 0 Å². The van der Waals surface area contributed by atoms with Gasteiger partial charge in [-0.3, -0.25) is 14.9 Å². The first-order valence-electron chi connectivity index (χ1n) is 5.26. The highest BCUT2D eigenvalue weighted by Gasteiger charge is 2.10. The lowest BCUT2D eigenvalue weighted by atomic mass is 10.2. The van der Waals surface area contributed by atoms with Crippen LogP contribution in [0.5, 0.6) is 0 Å². The van der Waals surface area contributed by atoms with E-state index in [1.54, 1.807) is 0 Å². The zero-order valence-corrected chi connectivity index (χ0v) is 11.1. The lowest BCUT2D eigenvalue weighted by molar-refractivity contribution is -0.385. The van der Waals surface area contributed by atoms with Crippen LogP contribution in [0.25, 0.3) is 0 Å². The van der Waals surface area contributed by atoms with E-state index in [1.807, 2.05) is 0 Å². The van der Waals surface area contributed by atoms with Crippen molar-refractivity contribution in [2.75, 3.05) is 0 Å². The van der Waals surface area contributed by atoms with E-state index in [4.69, 9.17) is 0 Å². The number of nitrogens with zero attached hydrogens (tertiary/aromatic N) is 2. The summed E-state index contributed by atoms with van der Waals surface area (Å²) in [5.41, 5.74) is -0.364. The maximum Gasteiger partial charge on any atom is 0.285 e. The van der Waals surface area contributed by atoms with Crippen molar-refractivity contribution in [2.45, 2.75) is 6.54 Å². The van der Waals surface area contributed by atoms with Crippen molar-refractivity contribution >= 4 is 21.6 Å². The van der Waals surface area contributed by atoms with Gasteiger partial charge in [-0.15, -0.1) is 0 Å². The second kappa shape index (κ2) is 5.31. The van der Waals surface area contributed by atoms with E-state index in [2.05, 4.69) is 15.9 Å². The molecule has 0 spiro atoms. The Hall–Kier alpha value is -2.02. The molecule has 0 atom stereocenters. The number of hydrogen-bond donors (Lipinski definition) is 0. The molecule has 0 unspecified atom stereocenters. The minimum absolute atomic E-state index is 0.0637. The first kappa shape index (κ1) is 13.4. The molecule has 0 amide bonds. The Morgan fingerprint density at radius 2 is 2.05 bits per heavy atom. The van der Waals surface area contributed by atoms with Crippen LogP contribution in [-0.2, 0) is 6.54 Å². The summed E-state index contributed by atoms with van der Waals surface area (Å²) in [6.07, 6.45) is 1.10. The molecule has 0 aliphatic carbocycles. The molecule has 0 N–H and O–H groups in total. The first-order valence-corrected chi connectivity index (χ1v) is 6.05. The van der Waals surface area contributed by atoms with Crippen molar-refractivity contribution < 1.29 is 9.31 Å². The predicted molar refractivity (Wildman–Crippen MR) is 70.6 cm³/mol. The monoisotopic (exact) mass is 326 g/mol. The lowest BCUT2D eigenvalue weighted by Crippen LogP contribution is -2.20. The molecule has 1 aromatic carbocycles. The van der Waals surface area contributed by atoms with Crippen molar-refractivity contribution in [3.05, 3.63) is 72.9 Å². The molecule has 2 aromatic rings. The van der Waals surface area contributed by atoms with Gasteiger partial charge in [-0.05, 0) is 18.2 Å². The van der Waals surface area contributed by atoms with Crippen LogP contribution in [0.1, 0.15) is 5.56 Å². The van der Waals surface area contributed by atoms with Gasteiger partial charge in [-0.2, -0.15) is 0 Å². The fourth-order valence-corrected chi connectivity index (χ4v) is 2.01. The summed E-state index contributed by atoms with van der Waals surface area (Å²) in [4.78, 5) is 21.6. The Bertz CT molecular complexity index is 700. The van der Waals surface area contributed by atoms with Gasteiger partial charge in [0, 0.05) is 22.2 Å². The summed E-state index contributed by atoms with van der Waals surface area (Å²) in [5.74, 6) is -0.471. The normalized spacial score (nSPS) is 10.4.